The van der Waals surface area contributed by atoms with Gasteiger partial charge in [0.1, 0.15) is 5.58 Å². The molecule has 0 saturated carbocycles. The first-order valence-electron chi connectivity index (χ1n) is 4.54. The zero-order chi connectivity index (χ0) is 10.8. The molecule has 0 aliphatic rings. The molecule has 0 unspecified atom stereocenters. The topological polar surface area (TPSA) is 78.3 Å². The Bertz CT molecular complexity index is 553. The van der Waals surface area contributed by atoms with Gasteiger partial charge in [0.15, 0.2) is 0 Å². The van der Waals surface area contributed by atoms with Gasteiger partial charge in [-0.1, -0.05) is 0 Å². The highest BCUT2D eigenvalue weighted by Gasteiger charge is 2.06. The van der Waals surface area contributed by atoms with E-state index in [1.807, 2.05) is 0 Å². The molecule has 0 spiro atoms. The fraction of sp³-hybridized carbons (Fsp3) is 0.200. The van der Waals surface area contributed by atoms with Crippen molar-refractivity contribution in [1.29, 1.82) is 0 Å². The molecule has 86 valence electrons. The van der Waals surface area contributed by atoms with Crippen LogP contribution in [0.5, 0.6) is 6.08 Å². The first-order valence-corrected chi connectivity index (χ1v) is 4.54. The largest absolute Gasteiger partial charge is 0.450 e. The van der Waals surface area contributed by atoms with Crippen LogP contribution in [0.1, 0.15) is 6.92 Å². The van der Waals surface area contributed by atoms with Crippen molar-refractivity contribution < 1.29 is 9.15 Å². The number of hydrogen-bond donors (Lipinski definition) is 1. The van der Waals surface area contributed by atoms with Crippen LogP contribution in [-0.2, 0) is 0 Å². The summed E-state index contributed by atoms with van der Waals surface area (Å²) in [5, 5.41) is 0.396. The van der Waals surface area contributed by atoms with Crippen molar-refractivity contribution >= 4 is 29.1 Å². The summed E-state index contributed by atoms with van der Waals surface area (Å²) >= 11 is 0. The molecule has 0 aliphatic heterocycles. The summed E-state index contributed by atoms with van der Waals surface area (Å²) in [7, 11) is 0. The maximum Gasteiger partial charge on any atom is 0.397 e. The van der Waals surface area contributed by atoms with E-state index in [0.29, 0.717) is 23.3 Å². The molecule has 1 aromatic heterocycles. The van der Waals surface area contributed by atoms with Crippen LogP contribution in [0, 0.1) is 0 Å². The van der Waals surface area contributed by atoms with Crippen LogP contribution in [0.4, 0.5) is 5.69 Å². The predicted molar refractivity (Wildman–Crippen MR) is 63.1 cm³/mol. The van der Waals surface area contributed by atoms with E-state index in [4.69, 9.17) is 14.9 Å². The maximum atomic E-state index is 11.5. The molecule has 16 heavy (non-hydrogen) atoms. The highest BCUT2D eigenvalue weighted by atomic mass is 35.5. The zero-order valence-electron chi connectivity index (χ0n) is 8.60. The van der Waals surface area contributed by atoms with Crippen LogP contribution in [-0.4, -0.2) is 11.6 Å². The Morgan fingerprint density at radius 1 is 1.50 bits per heavy atom. The molecule has 2 rings (SSSR count). The second kappa shape index (κ2) is 4.85. The SMILES string of the molecule is CCOc1nc(=O)c2ccc(N)cc2o1.Cl. The number of ether oxygens (including phenoxy) is 1. The Balaban J connectivity index is 0.00000128. The standard InChI is InChI=1S/C10H10N2O3.ClH/c1-2-14-10-12-9(13)7-4-3-6(11)5-8(7)15-10;/h3-5H,2,11H2,1H3;1H. The average Bonchev–Trinajstić information content (AvgIpc) is 2.17. The fourth-order valence-electron chi connectivity index (χ4n) is 1.25. The second-order valence-electron chi connectivity index (χ2n) is 2.97. The average molecular weight is 243 g/mol. The highest BCUT2D eigenvalue weighted by molar-refractivity contribution is 5.85. The van der Waals surface area contributed by atoms with Gasteiger partial charge < -0.3 is 14.9 Å². The van der Waals surface area contributed by atoms with E-state index >= 15 is 0 Å². The van der Waals surface area contributed by atoms with Crippen LogP contribution < -0.4 is 16.0 Å². The van der Waals surface area contributed by atoms with E-state index in [0.717, 1.165) is 0 Å². The molecule has 6 heteroatoms. The Labute approximate surface area is 97.6 Å². The number of nitrogen functional groups attached to an aromatic ring is 1. The quantitative estimate of drug-likeness (QED) is 0.809. The molecular formula is C10H11ClN2O3. The van der Waals surface area contributed by atoms with Crippen molar-refractivity contribution in [1.82, 2.24) is 4.98 Å². The molecule has 0 aliphatic carbocycles. The number of nitrogens with two attached hydrogens (primary N) is 1. The first-order chi connectivity index (χ1) is 7.20. The third-order valence-electron chi connectivity index (χ3n) is 1.89. The van der Waals surface area contributed by atoms with Crippen molar-refractivity contribution in [2.24, 2.45) is 0 Å². The highest BCUT2D eigenvalue weighted by Crippen LogP contribution is 2.17. The van der Waals surface area contributed by atoms with E-state index in [1.165, 1.54) is 0 Å². The van der Waals surface area contributed by atoms with Gasteiger partial charge in [-0.3, -0.25) is 4.79 Å². The monoisotopic (exact) mass is 242 g/mol. The summed E-state index contributed by atoms with van der Waals surface area (Å²) in [6, 6.07) is 4.78. The lowest BCUT2D eigenvalue weighted by atomic mass is 10.2. The zero-order valence-corrected chi connectivity index (χ0v) is 9.41. The van der Waals surface area contributed by atoms with Crippen molar-refractivity contribution in [2.45, 2.75) is 6.92 Å². The van der Waals surface area contributed by atoms with Crippen molar-refractivity contribution in [3.8, 4) is 6.08 Å². The minimum Gasteiger partial charge on any atom is -0.450 e. The Hall–Kier alpha value is -1.75. The van der Waals surface area contributed by atoms with Crippen LogP contribution in [0.3, 0.4) is 0 Å². The van der Waals surface area contributed by atoms with Crippen molar-refractivity contribution in [3.05, 3.63) is 28.6 Å². The molecule has 5 nitrogen and oxygen atoms in total. The van der Waals surface area contributed by atoms with Crippen LogP contribution in [0.2, 0.25) is 0 Å². The second-order valence-corrected chi connectivity index (χ2v) is 2.97. The normalized spacial score (nSPS) is 9.81. The molecule has 0 fully saturated rings. The van der Waals surface area contributed by atoms with Crippen LogP contribution >= 0.6 is 12.4 Å². The lowest BCUT2D eigenvalue weighted by molar-refractivity contribution is 0.243. The van der Waals surface area contributed by atoms with Gasteiger partial charge >= 0.3 is 6.08 Å². The van der Waals surface area contributed by atoms with E-state index in [9.17, 15) is 4.79 Å². The summed E-state index contributed by atoms with van der Waals surface area (Å²) < 4.78 is 10.3. The minimum absolute atomic E-state index is 0. The molecule has 1 aromatic carbocycles. The number of hydrogen-bond acceptors (Lipinski definition) is 5. The number of benzene rings is 1. The van der Waals surface area contributed by atoms with E-state index in [2.05, 4.69) is 4.98 Å². The van der Waals surface area contributed by atoms with Crippen molar-refractivity contribution in [2.75, 3.05) is 12.3 Å². The summed E-state index contributed by atoms with van der Waals surface area (Å²) in [5.41, 5.74) is 6.11. The molecule has 0 amide bonds. The molecule has 1 heterocycles. The Morgan fingerprint density at radius 2 is 2.25 bits per heavy atom. The molecule has 0 radical (unpaired) electrons. The molecule has 0 saturated heterocycles. The van der Waals surface area contributed by atoms with Gasteiger partial charge in [-0.15, -0.1) is 17.4 Å². The van der Waals surface area contributed by atoms with Gasteiger partial charge in [-0.25, -0.2) is 0 Å². The van der Waals surface area contributed by atoms with Gasteiger partial charge in [-0.2, -0.15) is 0 Å². The maximum absolute atomic E-state index is 11.5. The number of anilines is 1. The molecular weight excluding hydrogens is 232 g/mol. The number of halogens is 1. The van der Waals surface area contributed by atoms with Gasteiger partial charge in [0, 0.05) is 11.8 Å². The summed E-state index contributed by atoms with van der Waals surface area (Å²) in [6.07, 6.45) is -0.0272. The Kier molecular flexibility index (Phi) is 3.73. The third kappa shape index (κ3) is 2.25. The van der Waals surface area contributed by atoms with Gasteiger partial charge in [0.25, 0.3) is 5.56 Å². The first kappa shape index (κ1) is 12.3. The van der Waals surface area contributed by atoms with E-state index in [-0.39, 0.29) is 24.0 Å². The van der Waals surface area contributed by atoms with Crippen LogP contribution in [0.15, 0.2) is 27.4 Å². The van der Waals surface area contributed by atoms with E-state index < -0.39 is 0 Å². The number of nitrogens with zero attached hydrogens (tertiary/aromatic N) is 1. The van der Waals surface area contributed by atoms with E-state index in [1.54, 1.807) is 25.1 Å². The number of rotatable bonds is 2. The van der Waals surface area contributed by atoms with Crippen molar-refractivity contribution in [3.63, 3.8) is 0 Å². The lowest BCUT2D eigenvalue weighted by Crippen LogP contribution is -2.08. The number of aromatic nitrogens is 1. The minimum atomic E-state index is -0.375. The third-order valence-corrected chi connectivity index (χ3v) is 1.89. The molecule has 0 atom stereocenters. The molecule has 0 bridgehead atoms. The van der Waals surface area contributed by atoms with Gasteiger partial charge in [-0.05, 0) is 19.1 Å². The summed E-state index contributed by atoms with van der Waals surface area (Å²) in [5.74, 6) is 0. The fourth-order valence-corrected chi connectivity index (χ4v) is 1.25. The summed E-state index contributed by atoms with van der Waals surface area (Å²) in [6.45, 7) is 2.18. The van der Waals surface area contributed by atoms with Crippen LogP contribution in [0.25, 0.3) is 11.0 Å². The smallest absolute Gasteiger partial charge is 0.397 e. The molecule has 2 aromatic rings. The molecule has 2 N–H and O–H groups in total. The van der Waals surface area contributed by atoms with Gasteiger partial charge in [0.05, 0.1) is 12.0 Å². The van der Waals surface area contributed by atoms with Gasteiger partial charge in [0.2, 0.25) is 0 Å². The summed E-state index contributed by atoms with van der Waals surface area (Å²) in [4.78, 5) is 15.1. The Morgan fingerprint density at radius 3 is 2.94 bits per heavy atom. The lowest BCUT2D eigenvalue weighted by Gasteiger charge is -2.01. The predicted octanol–water partition coefficient (Wildman–Crippen LogP) is 1.59. The number of fused-ring (bicyclic) bond motifs is 1.